The molecule has 1 aliphatic rings. The third-order valence-corrected chi connectivity index (χ3v) is 2.94. The fraction of sp³-hybridized carbons (Fsp3) is 0.333. The van der Waals surface area contributed by atoms with Gasteiger partial charge in [0.25, 0.3) is 0 Å². The van der Waals surface area contributed by atoms with Crippen molar-refractivity contribution in [2.45, 2.75) is 17.8 Å². The molecule has 0 bridgehead atoms. The molecular formula is C9H9FNSe. The number of nitrogens with one attached hydrogen (secondary N) is 1. The Labute approximate surface area is 79.2 Å². The van der Waals surface area contributed by atoms with Gasteiger partial charge in [-0.15, -0.1) is 0 Å². The monoisotopic (exact) mass is 230 g/mol. The number of halogens is 1. The number of rotatable bonds is 1. The predicted molar refractivity (Wildman–Crippen MR) is 48.1 cm³/mol. The van der Waals surface area contributed by atoms with Crippen LogP contribution in [-0.4, -0.2) is 22.1 Å². The predicted octanol–water partition coefficient (Wildman–Crippen LogP) is 1.75. The van der Waals surface area contributed by atoms with Gasteiger partial charge in [0.05, 0.1) is 0 Å². The van der Waals surface area contributed by atoms with E-state index >= 15 is 0 Å². The molecule has 1 nitrogen and oxygen atoms in total. The summed E-state index contributed by atoms with van der Waals surface area (Å²) in [5, 5.41) is 4.28. The average molecular weight is 229 g/mol. The molecule has 12 heavy (non-hydrogen) atoms. The first-order chi connectivity index (χ1) is 5.79. The van der Waals surface area contributed by atoms with Crippen molar-refractivity contribution in [3.63, 3.8) is 0 Å². The van der Waals surface area contributed by atoms with Gasteiger partial charge >= 0.3 is 78.8 Å². The minimum atomic E-state index is -0.142. The van der Waals surface area contributed by atoms with E-state index in [4.69, 9.17) is 0 Å². The Morgan fingerprint density at radius 3 is 3.17 bits per heavy atom. The van der Waals surface area contributed by atoms with E-state index in [2.05, 4.69) is 21.3 Å². The van der Waals surface area contributed by atoms with Gasteiger partial charge in [0.1, 0.15) is 0 Å². The van der Waals surface area contributed by atoms with Gasteiger partial charge in [-0.05, 0) is 0 Å². The summed E-state index contributed by atoms with van der Waals surface area (Å²) in [4.78, 5) is 0. The summed E-state index contributed by atoms with van der Waals surface area (Å²) in [7, 11) is 0. The van der Waals surface area contributed by atoms with Crippen molar-refractivity contribution in [2.24, 2.45) is 0 Å². The number of benzene rings is 1. The molecule has 3 heteroatoms. The number of hydrogen-bond acceptors (Lipinski definition) is 1. The van der Waals surface area contributed by atoms with E-state index in [9.17, 15) is 4.39 Å². The van der Waals surface area contributed by atoms with Crippen LogP contribution in [0.5, 0.6) is 0 Å². The molecule has 63 valence electrons. The van der Waals surface area contributed by atoms with Crippen molar-refractivity contribution < 1.29 is 4.39 Å². The molecule has 1 aromatic carbocycles. The van der Waals surface area contributed by atoms with Crippen molar-refractivity contribution in [1.29, 1.82) is 0 Å². The van der Waals surface area contributed by atoms with Crippen molar-refractivity contribution >= 4 is 21.7 Å². The zero-order chi connectivity index (χ0) is 8.55. The molecule has 1 N–H and O–H groups in total. The number of anilines is 1. The van der Waals surface area contributed by atoms with Crippen LogP contribution in [0.15, 0.2) is 18.2 Å². The maximum absolute atomic E-state index is 12.8. The summed E-state index contributed by atoms with van der Waals surface area (Å²) < 4.78 is 12.8. The summed E-state index contributed by atoms with van der Waals surface area (Å²) >= 11 is 2.98. The van der Waals surface area contributed by atoms with Crippen molar-refractivity contribution in [1.82, 2.24) is 0 Å². The fourth-order valence-electron chi connectivity index (χ4n) is 1.51. The summed E-state index contributed by atoms with van der Waals surface area (Å²) in [6.07, 6.45) is 0.931. The summed E-state index contributed by atoms with van der Waals surface area (Å²) in [6, 6.07) is 5.35. The molecule has 0 aromatic heterocycles. The van der Waals surface area contributed by atoms with E-state index in [-0.39, 0.29) is 5.82 Å². The normalized spacial score (nSPS) is 20.3. The maximum atomic E-state index is 12.8. The van der Waals surface area contributed by atoms with Crippen molar-refractivity contribution in [3.8, 4) is 0 Å². The van der Waals surface area contributed by atoms with E-state index in [1.165, 1.54) is 6.07 Å². The Hall–Kier alpha value is -0.531. The van der Waals surface area contributed by atoms with E-state index in [1.54, 1.807) is 12.1 Å². The topological polar surface area (TPSA) is 12.0 Å². The Balaban J connectivity index is 2.30. The first kappa shape index (κ1) is 8.09. The minimum absolute atomic E-state index is 0.142. The Kier molecular flexibility index (Phi) is 2.07. The zero-order valence-electron chi connectivity index (χ0n) is 6.51. The van der Waals surface area contributed by atoms with Crippen LogP contribution in [0.1, 0.15) is 5.56 Å². The summed E-state index contributed by atoms with van der Waals surface area (Å²) in [6.45, 7) is 0. The number of fused-ring (bicyclic) bond motifs is 1. The molecule has 2 rings (SSSR count). The molecule has 1 atom stereocenters. The third-order valence-electron chi connectivity index (χ3n) is 2.09. The second-order valence-electron chi connectivity index (χ2n) is 3.01. The molecule has 0 spiro atoms. The van der Waals surface area contributed by atoms with Gasteiger partial charge in [0.2, 0.25) is 0 Å². The zero-order valence-corrected chi connectivity index (χ0v) is 8.22. The van der Waals surface area contributed by atoms with Crippen LogP contribution in [0.3, 0.4) is 0 Å². The molecule has 1 aromatic rings. The number of hydrogen-bond donors (Lipinski definition) is 1. The van der Waals surface area contributed by atoms with Gasteiger partial charge < -0.3 is 0 Å². The van der Waals surface area contributed by atoms with Gasteiger partial charge in [0.15, 0.2) is 0 Å². The Bertz CT molecular complexity index is 301. The van der Waals surface area contributed by atoms with Crippen molar-refractivity contribution in [3.05, 3.63) is 29.6 Å². The molecule has 0 aliphatic carbocycles. The molecule has 0 saturated carbocycles. The Morgan fingerprint density at radius 2 is 2.42 bits per heavy atom. The van der Waals surface area contributed by atoms with E-state index < -0.39 is 0 Å². The van der Waals surface area contributed by atoms with Crippen LogP contribution >= 0.6 is 0 Å². The molecule has 1 heterocycles. The molecular weight excluding hydrogens is 220 g/mol. The van der Waals surface area contributed by atoms with Crippen LogP contribution in [0.2, 0.25) is 5.32 Å². The average Bonchev–Trinajstić information content (AvgIpc) is 2.46. The third kappa shape index (κ3) is 1.35. The van der Waals surface area contributed by atoms with Crippen LogP contribution in [0, 0.1) is 5.82 Å². The van der Waals surface area contributed by atoms with E-state index in [1.807, 2.05) is 0 Å². The van der Waals surface area contributed by atoms with Gasteiger partial charge in [-0.2, -0.15) is 0 Å². The van der Waals surface area contributed by atoms with Crippen molar-refractivity contribution in [2.75, 3.05) is 5.32 Å². The van der Waals surface area contributed by atoms with Crippen LogP contribution < -0.4 is 5.32 Å². The molecule has 1 unspecified atom stereocenters. The molecule has 0 fully saturated rings. The standard InChI is InChI=1S/C9H9FNSe/c10-7-1-2-9-6(3-7)4-8(5-12)11-9/h1-3,8,11H,4-5H2. The van der Waals surface area contributed by atoms with Gasteiger partial charge in [0, 0.05) is 0 Å². The van der Waals surface area contributed by atoms with Crippen LogP contribution in [-0.2, 0) is 6.42 Å². The van der Waals surface area contributed by atoms with Crippen LogP contribution in [0.4, 0.5) is 10.1 Å². The summed E-state index contributed by atoms with van der Waals surface area (Å²) in [5.74, 6) is -0.142. The van der Waals surface area contributed by atoms with Gasteiger partial charge in [-0.3, -0.25) is 0 Å². The summed E-state index contributed by atoms with van der Waals surface area (Å²) in [5.41, 5.74) is 2.17. The quantitative estimate of drug-likeness (QED) is 0.723. The molecule has 1 aliphatic heterocycles. The van der Waals surface area contributed by atoms with Crippen LogP contribution in [0.25, 0.3) is 0 Å². The Morgan fingerprint density at radius 1 is 1.58 bits per heavy atom. The first-order valence-corrected chi connectivity index (χ1v) is 5.14. The molecule has 1 radical (unpaired) electrons. The van der Waals surface area contributed by atoms with E-state index in [0.29, 0.717) is 6.04 Å². The second-order valence-corrected chi connectivity index (χ2v) is 3.71. The van der Waals surface area contributed by atoms with E-state index in [0.717, 1.165) is 23.0 Å². The molecule has 0 amide bonds. The van der Waals surface area contributed by atoms with Gasteiger partial charge in [-0.1, -0.05) is 0 Å². The van der Waals surface area contributed by atoms with Gasteiger partial charge in [-0.25, -0.2) is 0 Å². The molecule has 0 saturated heterocycles. The SMILES string of the molecule is Fc1ccc2c(c1)CC(C[Se])N2. The first-order valence-electron chi connectivity index (χ1n) is 3.92. The fourth-order valence-corrected chi connectivity index (χ4v) is 1.93. The second kappa shape index (κ2) is 3.08.